The Morgan fingerprint density at radius 1 is 0.458 bits per heavy atom. The fourth-order valence-electron chi connectivity index (χ4n) is 5.88. The largest absolute Gasteiger partial charge is 0.465 e. The van der Waals surface area contributed by atoms with Gasteiger partial charge in [0.1, 0.15) is 0 Å². The van der Waals surface area contributed by atoms with Crippen molar-refractivity contribution < 1.29 is 19.1 Å². The summed E-state index contributed by atoms with van der Waals surface area (Å²) in [5, 5.41) is 0. The molecule has 48 heavy (non-hydrogen) atoms. The molecule has 1 atom stereocenters. The molecule has 0 aromatic heterocycles. The van der Waals surface area contributed by atoms with Gasteiger partial charge in [0.2, 0.25) is 0 Å². The van der Waals surface area contributed by atoms with E-state index in [0.29, 0.717) is 19.3 Å². The minimum absolute atomic E-state index is 0.173. The van der Waals surface area contributed by atoms with Gasteiger partial charge in [-0.3, -0.25) is 9.59 Å². The highest BCUT2D eigenvalue weighted by molar-refractivity contribution is 6.20. The van der Waals surface area contributed by atoms with Crippen molar-refractivity contribution in [2.75, 3.05) is 27.7 Å². The Morgan fingerprint density at radius 3 is 1.00 bits per heavy atom. The van der Waals surface area contributed by atoms with Gasteiger partial charge in [0.15, 0.2) is 5.56 Å². The number of carbonyl (C=O) groups is 2. The van der Waals surface area contributed by atoms with Gasteiger partial charge in [-0.1, -0.05) is 205 Å². The first kappa shape index (κ1) is 49.3. The topological polar surface area (TPSA) is 55.8 Å². The first-order valence-electron chi connectivity index (χ1n) is 20.9. The van der Waals surface area contributed by atoms with Crippen LogP contribution in [-0.2, 0) is 19.1 Å². The molecule has 0 aliphatic rings. The first-order valence-corrected chi connectivity index (χ1v) is 21.4. The van der Waals surface area contributed by atoms with E-state index in [1.54, 1.807) is 0 Å². The van der Waals surface area contributed by atoms with E-state index in [1.807, 2.05) is 26.0 Å². The van der Waals surface area contributed by atoms with Crippen LogP contribution in [0, 0.1) is 0 Å². The number of rotatable bonds is 36. The maximum absolute atomic E-state index is 12.0. The molecule has 0 N–H and O–H groups in total. The zero-order chi connectivity index (χ0) is 35.8. The van der Waals surface area contributed by atoms with Gasteiger partial charge in [0.25, 0.3) is 0 Å². The van der Waals surface area contributed by atoms with Crippen molar-refractivity contribution in [2.24, 2.45) is 0 Å². The van der Waals surface area contributed by atoms with Crippen molar-refractivity contribution in [3.8, 4) is 0 Å². The molecule has 0 aromatic rings. The molecule has 0 saturated heterocycles. The molecule has 288 valence electrons. The van der Waals surface area contributed by atoms with E-state index < -0.39 is 5.56 Å². The average molecular weight is 703 g/mol. The molecule has 0 aromatic carbocycles. The Balaban J connectivity index is 0. The summed E-state index contributed by atoms with van der Waals surface area (Å²) in [5.41, 5.74) is -0.725. The summed E-state index contributed by atoms with van der Waals surface area (Å²) in [6.45, 7) is 4.75. The van der Waals surface area contributed by atoms with Crippen molar-refractivity contribution >= 4 is 23.5 Å². The average Bonchev–Trinajstić information content (AvgIpc) is 3.04. The number of alkyl halides is 1. The second-order valence-corrected chi connectivity index (χ2v) is 15.1. The van der Waals surface area contributed by atoms with Crippen LogP contribution in [0.4, 0.5) is 0 Å². The van der Waals surface area contributed by atoms with Crippen LogP contribution in [0.2, 0.25) is 0 Å². The highest BCUT2D eigenvalue weighted by Crippen LogP contribution is 2.16. The van der Waals surface area contributed by atoms with Gasteiger partial charge in [-0.2, -0.15) is 0 Å². The lowest BCUT2D eigenvalue weighted by molar-refractivity contribution is -0.147. The van der Waals surface area contributed by atoms with Crippen LogP contribution >= 0.6 is 11.6 Å². The Labute approximate surface area is 305 Å². The summed E-state index contributed by atoms with van der Waals surface area (Å²) in [5.74, 6) is -0.420. The number of hydrogen-bond donors (Lipinski definition) is 0. The predicted octanol–water partition coefficient (Wildman–Crippen LogP) is 13.7. The number of hydrogen-bond acceptors (Lipinski definition) is 5. The Morgan fingerprint density at radius 2 is 0.708 bits per heavy atom. The molecular weight excluding hydrogens is 618 g/mol. The van der Waals surface area contributed by atoms with Crippen molar-refractivity contribution in [2.45, 2.75) is 231 Å². The standard InChI is InChI=1S/C39H75ClO4.C3H9N/c1-3-5-7-9-11-13-15-17-19-21-23-25-27-29-31-33-38(41)43-36-35-37(40)44-39(42)34-32-30-28-26-24-22-20-18-16-14-12-10-8-6-4-2;1-4(2)3/h37H,3-36H2,1-2H3;1-3H3. The van der Waals surface area contributed by atoms with Crippen molar-refractivity contribution in [3.63, 3.8) is 0 Å². The molecule has 6 heteroatoms. The van der Waals surface area contributed by atoms with Gasteiger partial charge in [-0.05, 0) is 34.0 Å². The van der Waals surface area contributed by atoms with E-state index >= 15 is 0 Å². The van der Waals surface area contributed by atoms with Crippen LogP contribution in [0.5, 0.6) is 0 Å². The molecule has 0 fully saturated rings. The van der Waals surface area contributed by atoms with Crippen LogP contribution in [0.15, 0.2) is 0 Å². The molecule has 5 nitrogen and oxygen atoms in total. The third-order valence-corrected chi connectivity index (χ3v) is 9.14. The van der Waals surface area contributed by atoms with Crippen LogP contribution in [-0.4, -0.2) is 50.2 Å². The zero-order valence-electron chi connectivity index (χ0n) is 33.1. The fourth-order valence-corrected chi connectivity index (χ4v) is 6.07. The normalized spacial score (nSPS) is 11.7. The van der Waals surface area contributed by atoms with E-state index in [4.69, 9.17) is 21.1 Å². The molecule has 0 radical (unpaired) electrons. The Bertz CT molecular complexity index is 642. The maximum atomic E-state index is 12.0. The molecule has 1 unspecified atom stereocenters. The summed E-state index contributed by atoms with van der Waals surface area (Å²) < 4.78 is 10.6. The summed E-state index contributed by atoms with van der Waals surface area (Å²) in [6.07, 6.45) is 40.4. The van der Waals surface area contributed by atoms with Gasteiger partial charge in [-0.15, -0.1) is 0 Å². The highest BCUT2D eigenvalue weighted by Gasteiger charge is 2.12. The van der Waals surface area contributed by atoms with Gasteiger partial charge < -0.3 is 14.4 Å². The second-order valence-electron chi connectivity index (χ2n) is 14.7. The summed E-state index contributed by atoms with van der Waals surface area (Å²) in [6, 6.07) is 0. The molecule has 0 rings (SSSR count). The third kappa shape index (κ3) is 47.3. The SMILES string of the molecule is CCCCCCCCCCCCCCCCCC(=O)OCCC(Cl)OC(=O)CCCCCCCCCCCCCCCCC.CN(C)C. The molecule has 0 bridgehead atoms. The van der Waals surface area contributed by atoms with E-state index in [-0.39, 0.29) is 18.5 Å². The molecule has 0 aliphatic carbocycles. The Hall–Kier alpha value is -0.810. The lowest BCUT2D eigenvalue weighted by Gasteiger charge is -2.11. The smallest absolute Gasteiger partial charge is 0.307 e. The van der Waals surface area contributed by atoms with Gasteiger partial charge in [0.05, 0.1) is 6.61 Å². The molecular formula is C42H84ClNO4. The zero-order valence-corrected chi connectivity index (χ0v) is 33.8. The predicted molar refractivity (Wildman–Crippen MR) is 210 cm³/mol. The van der Waals surface area contributed by atoms with Crippen LogP contribution in [0.25, 0.3) is 0 Å². The molecule has 0 saturated carbocycles. The van der Waals surface area contributed by atoms with Crippen LogP contribution in [0.3, 0.4) is 0 Å². The Kier molecular flexibility index (Phi) is 43.5. The fraction of sp³-hybridized carbons (Fsp3) is 0.952. The van der Waals surface area contributed by atoms with Crippen LogP contribution < -0.4 is 0 Å². The summed E-state index contributed by atoms with van der Waals surface area (Å²) in [4.78, 5) is 26.0. The summed E-state index contributed by atoms with van der Waals surface area (Å²) in [7, 11) is 6.00. The minimum atomic E-state index is -0.725. The van der Waals surface area contributed by atoms with Gasteiger partial charge in [-0.25, -0.2) is 0 Å². The lowest BCUT2D eigenvalue weighted by Crippen LogP contribution is -2.16. The quantitative estimate of drug-likeness (QED) is 0.0370. The highest BCUT2D eigenvalue weighted by atomic mass is 35.5. The maximum Gasteiger partial charge on any atom is 0.307 e. The number of esters is 2. The summed E-state index contributed by atoms with van der Waals surface area (Å²) >= 11 is 6.14. The number of nitrogens with zero attached hydrogens (tertiary/aromatic N) is 1. The minimum Gasteiger partial charge on any atom is -0.465 e. The number of ether oxygens (including phenoxy) is 2. The third-order valence-electron chi connectivity index (χ3n) is 8.84. The van der Waals surface area contributed by atoms with E-state index in [1.165, 1.54) is 167 Å². The van der Waals surface area contributed by atoms with Crippen molar-refractivity contribution in [3.05, 3.63) is 0 Å². The van der Waals surface area contributed by atoms with Crippen molar-refractivity contribution in [1.29, 1.82) is 0 Å². The van der Waals surface area contributed by atoms with Crippen LogP contribution in [0.1, 0.15) is 226 Å². The van der Waals surface area contributed by atoms with E-state index in [0.717, 1.165) is 25.7 Å². The molecule has 0 spiro atoms. The number of carbonyl (C=O) groups excluding carboxylic acids is 2. The first-order chi connectivity index (χ1) is 23.3. The number of unbranched alkanes of at least 4 members (excludes halogenated alkanes) is 28. The second kappa shape index (κ2) is 42.4. The van der Waals surface area contributed by atoms with E-state index in [9.17, 15) is 9.59 Å². The molecule has 0 heterocycles. The van der Waals surface area contributed by atoms with Crippen molar-refractivity contribution in [1.82, 2.24) is 4.90 Å². The monoisotopic (exact) mass is 702 g/mol. The van der Waals surface area contributed by atoms with E-state index in [2.05, 4.69) is 13.8 Å². The molecule has 0 aliphatic heterocycles. The van der Waals surface area contributed by atoms with Gasteiger partial charge in [0, 0.05) is 19.3 Å². The number of halogens is 1. The van der Waals surface area contributed by atoms with Gasteiger partial charge >= 0.3 is 11.9 Å². The lowest BCUT2D eigenvalue weighted by atomic mass is 10.0. The molecule has 0 amide bonds.